The first-order chi connectivity index (χ1) is 9.68. The maximum atomic E-state index is 6.19. The van der Waals surface area contributed by atoms with Gasteiger partial charge in [0.1, 0.15) is 0 Å². The van der Waals surface area contributed by atoms with Gasteiger partial charge in [-0.3, -0.25) is 4.68 Å². The van der Waals surface area contributed by atoms with Crippen molar-refractivity contribution >= 4 is 0 Å². The van der Waals surface area contributed by atoms with Gasteiger partial charge in [0.2, 0.25) is 0 Å². The lowest BCUT2D eigenvalue weighted by Gasteiger charge is -2.29. The lowest BCUT2D eigenvalue weighted by molar-refractivity contribution is 0.419. The summed E-state index contributed by atoms with van der Waals surface area (Å²) in [6, 6.07) is 11.0. The third kappa shape index (κ3) is 2.06. The molecular formula is C17H23N3. The van der Waals surface area contributed by atoms with Gasteiger partial charge in [0.25, 0.3) is 0 Å². The van der Waals surface area contributed by atoms with Crippen molar-refractivity contribution in [2.24, 2.45) is 12.8 Å². The second-order valence-corrected chi connectivity index (χ2v) is 5.92. The number of hydrogen-bond acceptors (Lipinski definition) is 2. The summed E-state index contributed by atoms with van der Waals surface area (Å²) < 4.78 is 2.02. The predicted octanol–water partition coefficient (Wildman–Crippen LogP) is 2.37. The van der Waals surface area contributed by atoms with E-state index < -0.39 is 0 Å². The van der Waals surface area contributed by atoms with Crippen LogP contribution in [-0.4, -0.2) is 16.3 Å². The Bertz CT molecular complexity index is 614. The molecule has 0 saturated carbocycles. The maximum absolute atomic E-state index is 6.19. The highest BCUT2D eigenvalue weighted by atomic mass is 15.3. The third-order valence-corrected chi connectivity index (χ3v) is 4.76. The maximum Gasteiger partial charge on any atom is 0.0624 e. The minimum Gasteiger partial charge on any atom is -0.330 e. The summed E-state index contributed by atoms with van der Waals surface area (Å²) in [6.07, 6.45) is 4.27. The molecule has 0 bridgehead atoms. The standard InChI is InChI=1S/C17H23N3/c1-3-14-10-15(20(2)19-14)11-17(12-18)9-8-13-6-4-5-7-16(13)17/h4-7,10H,3,8-9,11-12,18H2,1-2H3. The molecular weight excluding hydrogens is 246 g/mol. The molecule has 1 aliphatic rings. The van der Waals surface area contributed by atoms with Gasteiger partial charge in [0, 0.05) is 31.1 Å². The predicted molar refractivity (Wildman–Crippen MR) is 81.8 cm³/mol. The van der Waals surface area contributed by atoms with E-state index in [2.05, 4.69) is 42.4 Å². The zero-order valence-corrected chi connectivity index (χ0v) is 12.4. The average molecular weight is 269 g/mol. The molecule has 1 aromatic heterocycles. The van der Waals surface area contributed by atoms with E-state index in [1.807, 2.05) is 11.7 Å². The number of aromatic nitrogens is 2. The first kappa shape index (κ1) is 13.4. The van der Waals surface area contributed by atoms with E-state index in [0.29, 0.717) is 6.54 Å². The highest BCUT2D eigenvalue weighted by Gasteiger charge is 2.38. The smallest absolute Gasteiger partial charge is 0.0624 e. The fourth-order valence-corrected chi connectivity index (χ4v) is 3.49. The zero-order chi connectivity index (χ0) is 14.2. The van der Waals surface area contributed by atoms with Crippen LogP contribution in [-0.2, 0) is 31.7 Å². The summed E-state index contributed by atoms with van der Waals surface area (Å²) in [5.74, 6) is 0. The second kappa shape index (κ2) is 5.06. The van der Waals surface area contributed by atoms with Crippen molar-refractivity contribution in [2.75, 3.05) is 6.54 Å². The van der Waals surface area contributed by atoms with Crippen molar-refractivity contribution in [1.29, 1.82) is 0 Å². The van der Waals surface area contributed by atoms with Gasteiger partial charge >= 0.3 is 0 Å². The van der Waals surface area contributed by atoms with Crippen molar-refractivity contribution in [3.05, 3.63) is 52.8 Å². The highest BCUT2D eigenvalue weighted by molar-refractivity contribution is 5.41. The molecule has 0 radical (unpaired) electrons. The van der Waals surface area contributed by atoms with Crippen LogP contribution in [0.15, 0.2) is 30.3 Å². The molecule has 1 atom stereocenters. The van der Waals surface area contributed by atoms with E-state index in [1.54, 1.807) is 0 Å². The van der Waals surface area contributed by atoms with Gasteiger partial charge in [0.15, 0.2) is 0 Å². The van der Waals surface area contributed by atoms with Gasteiger partial charge in [-0.15, -0.1) is 0 Å². The summed E-state index contributed by atoms with van der Waals surface area (Å²) in [6.45, 7) is 2.85. The van der Waals surface area contributed by atoms with Crippen LogP contribution >= 0.6 is 0 Å². The van der Waals surface area contributed by atoms with E-state index in [0.717, 1.165) is 25.7 Å². The van der Waals surface area contributed by atoms with Gasteiger partial charge < -0.3 is 5.73 Å². The van der Waals surface area contributed by atoms with Crippen LogP contribution in [0.1, 0.15) is 35.9 Å². The fourth-order valence-electron chi connectivity index (χ4n) is 3.49. The Balaban J connectivity index is 1.97. The van der Waals surface area contributed by atoms with Gasteiger partial charge in [-0.2, -0.15) is 5.10 Å². The van der Waals surface area contributed by atoms with Crippen molar-refractivity contribution in [2.45, 2.75) is 38.0 Å². The summed E-state index contributed by atoms with van der Waals surface area (Å²) in [5.41, 5.74) is 11.7. The van der Waals surface area contributed by atoms with Crippen LogP contribution in [0.4, 0.5) is 0 Å². The van der Waals surface area contributed by atoms with E-state index in [9.17, 15) is 0 Å². The topological polar surface area (TPSA) is 43.8 Å². The largest absolute Gasteiger partial charge is 0.330 e. The molecule has 20 heavy (non-hydrogen) atoms. The minimum atomic E-state index is 0.0927. The molecule has 0 fully saturated rings. The molecule has 3 rings (SSSR count). The SMILES string of the molecule is CCc1cc(CC2(CN)CCc3ccccc32)n(C)n1. The number of nitrogens with zero attached hydrogens (tertiary/aromatic N) is 2. The highest BCUT2D eigenvalue weighted by Crippen LogP contribution is 2.40. The van der Waals surface area contributed by atoms with Gasteiger partial charge in [-0.25, -0.2) is 0 Å². The van der Waals surface area contributed by atoms with E-state index in [-0.39, 0.29) is 5.41 Å². The zero-order valence-electron chi connectivity index (χ0n) is 12.4. The number of fused-ring (bicyclic) bond motifs is 1. The van der Waals surface area contributed by atoms with Crippen molar-refractivity contribution in [1.82, 2.24) is 9.78 Å². The van der Waals surface area contributed by atoms with Crippen LogP contribution < -0.4 is 5.73 Å². The average Bonchev–Trinajstić information content (AvgIpc) is 3.02. The lowest BCUT2D eigenvalue weighted by atomic mass is 9.78. The quantitative estimate of drug-likeness (QED) is 0.926. The molecule has 2 aromatic rings. The normalized spacial score (nSPS) is 21.1. The van der Waals surface area contributed by atoms with Crippen LogP contribution in [0.2, 0.25) is 0 Å². The minimum absolute atomic E-state index is 0.0927. The number of hydrogen-bond donors (Lipinski definition) is 1. The number of benzene rings is 1. The van der Waals surface area contributed by atoms with Crippen molar-refractivity contribution in [3.8, 4) is 0 Å². The molecule has 0 saturated heterocycles. The fraction of sp³-hybridized carbons (Fsp3) is 0.471. The molecule has 3 heteroatoms. The monoisotopic (exact) mass is 269 g/mol. The molecule has 1 aliphatic carbocycles. The van der Waals surface area contributed by atoms with Crippen LogP contribution in [0.25, 0.3) is 0 Å². The van der Waals surface area contributed by atoms with E-state index in [4.69, 9.17) is 5.73 Å². The Morgan fingerprint density at radius 2 is 2.15 bits per heavy atom. The van der Waals surface area contributed by atoms with Crippen molar-refractivity contribution < 1.29 is 0 Å². The Labute approximate surface area is 120 Å². The van der Waals surface area contributed by atoms with Crippen LogP contribution in [0.3, 0.4) is 0 Å². The van der Waals surface area contributed by atoms with E-state index >= 15 is 0 Å². The Morgan fingerprint density at radius 1 is 1.35 bits per heavy atom. The molecule has 0 spiro atoms. The third-order valence-electron chi connectivity index (χ3n) is 4.76. The Kier molecular flexibility index (Phi) is 3.38. The molecule has 1 aromatic carbocycles. The van der Waals surface area contributed by atoms with Gasteiger partial charge in [0.05, 0.1) is 5.69 Å². The Hall–Kier alpha value is -1.61. The summed E-state index contributed by atoms with van der Waals surface area (Å²) >= 11 is 0. The number of aryl methyl sites for hydroxylation is 3. The molecule has 0 aliphatic heterocycles. The second-order valence-electron chi connectivity index (χ2n) is 5.92. The van der Waals surface area contributed by atoms with Crippen LogP contribution in [0.5, 0.6) is 0 Å². The van der Waals surface area contributed by atoms with Crippen LogP contribution in [0, 0.1) is 0 Å². The summed E-state index contributed by atoms with van der Waals surface area (Å²) in [4.78, 5) is 0. The van der Waals surface area contributed by atoms with Gasteiger partial charge in [-0.1, -0.05) is 31.2 Å². The molecule has 0 amide bonds. The van der Waals surface area contributed by atoms with Crippen molar-refractivity contribution in [3.63, 3.8) is 0 Å². The summed E-state index contributed by atoms with van der Waals surface area (Å²) in [7, 11) is 2.04. The first-order valence-electron chi connectivity index (χ1n) is 7.49. The number of rotatable bonds is 4. The molecule has 3 nitrogen and oxygen atoms in total. The first-order valence-corrected chi connectivity index (χ1v) is 7.49. The van der Waals surface area contributed by atoms with Gasteiger partial charge in [-0.05, 0) is 36.5 Å². The number of nitrogens with two attached hydrogens (primary N) is 1. The van der Waals surface area contributed by atoms with E-state index in [1.165, 1.54) is 22.5 Å². The lowest BCUT2D eigenvalue weighted by Crippen LogP contribution is -2.35. The summed E-state index contributed by atoms with van der Waals surface area (Å²) in [5, 5.41) is 4.57. The molecule has 1 heterocycles. The molecule has 106 valence electrons. The molecule has 2 N–H and O–H groups in total. The Morgan fingerprint density at radius 3 is 2.85 bits per heavy atom. The molecule has 1 unspecified atom stereocenters.